The number of ketones is 1. The van der Waals surface area contributed by atoms with E-state index in [2.05, 4.69) is 0 Å². The molecule has 0 fully saturated rings. The Morgan fingerprint density at radius 1 is 1.33 bits per heavy atom. The van der Waals surface area contributed by atoms with E-state index in [1.807, 2.05) is 0 Å². The van der Waals surface area contributed by atoms with Crippen LogP contribution in [0.25, 0.3) is 0 Å². The molecule has 0 unspecified atom stereocenters. The fraction of sp³-hybridized carbons (Fsp3) is 0.556. The average molecular weight is 169 g/mol. The van der Waals surface area contributed by atoms with E-state index in [-0.39, 0.29) is 11.7 Å². The van der Waals surface area contributed by atoms with Gasteiger partial charge in [-0.05, 0) is 13.8 Å². The van der Waals surface area contributed by atoms with E-state index in [1.165, 1.54) is 17.9 Å². The van der Waals surface area contributed by atoms with Crippen LogP contribution in [-0.4, -0.2) is 23.6 Å². The summed E-state index contributed by atoms with van der Waals surface area (Å²) in [6.45, 7) is 5.00. The minimum Gasteiger partial charge on any atom is -0.319 e. The summed E-state index contributed by atoms with van der Waals surface area (Å²) < 4.78 is 0. The molecule has 68 valence electrons. The van der Waals surface area contributed by atoms with Gasteiger partial charge in [-0.25, -0.2) is 0 Å². The molecule has 0 radical (unpaired) electrons. The number of carbonyl (C=O) groups is 2. The lowest BCUT2D eigenvalue weighted by molar-refractivity contribution is -0.127. The third-order valence-corrected chi connectivity index (χ3v) is 1.62. The smallest absolute Gasteiger partial charge is 0.226 e. The lowest BCUT2D eigenvalue weighted by Gasteiger charge is -2.16. The molecule has 0 N–H and O–H groups in total. The Bertz CT molecular complexity index is 219. The Balaban J connectivity index is 4.38. The maximum absolute atomic E-state index is 11.1. The monoisotopic (exact) mass is 169 g/mol. The number of rotatable bonds is 3. The van der Waals surface area contributed by atoms with Crippen molar-refractivity contribution in [1.29, 1.82) is 0 Å². The fourth-order valence-electron chi connectivity index (χ4n) is 0.825. The molecule has 0 aromatic rings. The molecule has 3 nitrogen and oxygen atoms in total. The minimum absolute atomic E-state index is 0.0185. The topological polar surface area (TPSA) is 37.4 Å². The van der Waals surface area contributed by atoms with Crippen molar-refractivity contribution in [3.05, 3.63) is 11.8 Å². The third kappa shape index (κ3) is 3.32. The van der Waals surface area contributed by atoms with Crippen molar-refractivity contribution in [3.63, 3.8) is 0 Å². The highest BCUT2D eigenvalue weighted by molar-refractivity contribution is 5.89. The van der Waals surface area contributed by atoms with Gasteiger partial charge in [-0.15, -0.1) is 0 Å². The number of hydrogen-bond donors (Lipinski definition) is 0. The molecule has 0 aliphatic carbocycles. The molecule has 0 saturated carbocycles. The second-order valence-corrected chi connectivity index (χ2v) is 2.70. The van der Waals surface area contributed by atoms with Gasteiger partial charge in [-0.2, -0.15) is 0 Å². The highest BCUT2D eigenvalue weighted by Gasteiger charge is 2.07. The molecule has 0 rings (SSSR count). The van der Waals surface area contributed by atoms with Crippen LogP contribution in [0.3, 0.4) is 0 Å². The molecule has 0 aromatic heterocycles. The van der Waals surface area contributed by atoms with Crippen LogP contribution in [0, 0.1) is 0 Å². The zero-order valence-corrected chi connectivity index (χ0v) is 8.05. The highest BCUT2D eigenvalue weighted by Crippen LogP contribution is 2.02. The molecule has 0 bridgehead atoms. The van der Waals surface area contributed by atoms with E-state index in [0.29, 0.717) is 12.1 Å². The quantitative estimate of drug-likeness (QED) is 0.598. The van der Waals surface area contributed by atoms with Crippen LogP contribution in [0.15, 0.2) is 11.8 Å². The Morgan fingerprint density at radius 2 is 1.83 bits per heavy atom. The molecular formula is C9H15NO2. The van der Waals surface area contributed by atoms with Gasteiger partial charge in [0.15, 0.2) is 5.78 Å². The summed E-state index contributed by atoms with van der Waals surface area (Å²) in [4.78, 5) is 23.3. The van der Waals surface area contributed by atoms with Crippen LogP contribution in [-0.2, 0) is 9.59 Å². The number of amides is 1. The van der Waals surface area contributed by atoms with Gasteiger partial charge in [0.2, 0.25) is 5.91 Å². The van der Waals surface area contributed by atoms with E-state index < -0.39 is 0 Å². The lowest BCUT2D eigenvalue weighted by atomic mass is 10.3. The minimum atomic E-state index is -0.0387. The van der Waals surface area contributed by atoms with Gasteiger partial charge in [0.05, 0.1) is 0 Å². The summed E-state index contributed by atoms with van der Waals surface area (Å²) in [5.41, 5.74) is 0.689. The van der Waals surface area contributed by atoms with Crippen LogP contribution in [0.4, 0.5) is 0 Å². The summed E-state index contributed by atoms with van der Waals surface area (Å²) in [6.07, 6.45) is 1.91. The zero-order valence-electron chi connectivity index (χ0n) is 8.05. The van der Waals surface area contributed by atoms with Crippen molar-refractivity contribution in [2.24, 2.45) is 0 Å². The second-order valence-electron chi connectivity index (χ2n) is 2.70. The fourth-order valence-corrected chi connectivity index (χ4v) is 0.825. The molecule has 0 atom stereocenters. The summed E-state index contributed by atoms with van der Waals surface area (Å²) >= 11 is 0. The van der Waals surface area contributed by atoms with E-state index >= 15 is 0 Å². The molecule has 0 spiro atoms. The van der Waals surface area contributed by atoms with Gasteiger partial charge in [0.25, 0.3) is 0 Å². The average Bonchev–Trinajstić information content (AvgIpc) is 2.00. The molecule has 0 heterocycles. The van der Waals surface area contributed by atoms with Crippen LogP contribution in [0.1, 0.15) is 27.2 Å². The first kappa shape index (κ1) is 10.9. The van der Waals surface area contributed by atoms with Gasteiger partial charge in [-0.3, -0.25) is 9.59 Å². The number of nitrogens with zero attached hydrogens (tertiary/aromatic N) is 1. The van der Waals surface area contributed by atoms with E-state index in [1.54, 1.807) is 20.9 Å². The van der Waals surface area contributed by atoms with Gasteiger partial charge >= 0.3 is 0 Å². The van der Waals surface area contributed by atoms with Crippen LogP contribution < -0.4 is 0 Å². The van der Waals surface area contributed by atoms with E-state index in [9.17, 15) is 9.59 Å². The van der Waals surface area contributed by atoms with Gasteiger partial charge in [0.1, 0.15) is 0 Å². The largest absolute Gasteiger partial charge is 0.319 e. The lowest BCUT2D eigenvalue weighted by Crippen LogP contribution is -2.24. The molecule has 1 amide bonds. The summed E-state index contributed by atoms with van der Waals surface area (Å²) in [7, 11) is 1.67. The first-order valence-corrected chi connectivity index (χ1v) is 3.94. The van der Waals surface area contributed by atoms with E-state index in [4.69, 9.17) is 0 Å². The van der Waals surface area contributed by atoms with Crippen molar-refractivity contribution in [3.8, 4) is 0 Å². The number of allylic oxidation sites excluding steroid dienone is 2. The van der Waals surface area contributed by atoms with Crippen LogP contribution in [0.5, 0.6) is 0 Å². The van der Waals surface area contributed by atoms with Gasteiger partial charge in [0, 0.05) is 25.2 Å². The molecule has 3 heteroatoms. The Hall–Kier alpha value is -1.12. The SMILES string of the molecule is CCC(=O)N(C)/C(C)=C/C(C)=O. The first-order chi connectivity index (χ1) is 5.49. The molecule has 0 aliphatic heterocycles. The molecule has 0 aromatic carbocycles. The Morgan fingerprint density at radius 3 is 2.17 bits per heavy atom. The summed E-state index contributed by atoms with van der Waals surface area (Å²) in [5.74, 6) is -0.0201. The number of carbonyl (C=O) groups excluding carboxylic acids is 2. The number of hydrogen-bond acceptors (Lipinski definition) is 2. The van der Waals surface area contributed by atoms with Crippen molar-refractivity contribution in [2.75, 3.05) is 7.05 Å². The maximum atomic E-state index is 11.1. The van der Waals surface area contributed by atoms with Gasteiger partial charge < -0.3 is 4.90 Å². The Kier molecular flexibility index (Phi) is 4.26. The van der Waals surface area contributed by atoms with E-state index in [0.717, 1.165) is 0 Å². The maximum Gasteiger partial charge on any atom is 0.226 e. The van der Waals surface area contributed by atoms with Crippen molar-refractivity contribution in [1.82, 2.24) is 4.90 Å². The van der Waals surface area contributed by atoms with Gasteiger partial charge in [-0.1, -0.05) is 6.92 Å². The summed E-state index contributed by atoms with van der Waals surface area (Å²) in [6, 6.07) is 0. The first-order valence-electron chi connectivity index (χ1n) is 3.94. The molecular weight excluding hydrogens is 154 g/mol. The third-order valence-electron chi connectivity index (χ3n) is 1.62. The molecule has 12 heavy (non-hydrogen) atoms. The van der Waals surface area contributed by atoms with Crippen LogP contribution in [0.2, 0.25) is 0 Å². The van der Waals surface area contributed by atoms with Crippen molar-refractivity contribution in [2.45, 2.75) is 27.2 Å². The molecule has 0 aliphatic rings. The zero-order chi connectivity index (χ0) is 9.72. The molecule has 0 saturated heterocycles. The normalized spacial score (nSPS) is 11.2. The second kappa shape index (κ2) is 4.70. The van der Waals surface area contributed by atoms with Crippen LogP contribution >= 0.6 is 0 Å². The standard InChI is InChI=1S/C9H15NO2/c1-5-9(12)10(4)7(2)6-8(3)11/h6H,5H2,1-4H3/b7-6+. The predicted molar refractivity (Wildman–Crippen MR) is 47.5 cm³/mol. The van der Waals surface area contributed by atoms with Crippen molar-refractivity contribution >= 4 is 11.7 Å². The highest BCUT2D eigenvalue weighted by atomic mass is 16.2. The van der Waals surface area contributed by atoms with Crippen molar-refractivity contribution < 1.29 is 9.59 Å². The summed E-state index contributed by atoms with van der Waals surface area (Å²) in [5, 5.41) is 0. The predicted octanol–water partition coefficient (Wildman–Crippen LogP) is 1.35. The Labute approximate surface area is 73.1 Å².